The average Bonchev–Trinajstić information content (AvgIpc) is 2.28. The molecule has 5 nitrogen and oxygen atoms in total. The number of carbonyl (C=O) groups excluding carboxylic acids is 1. The Balaban J connectivity index is 4.93. The van der Waals surface area contributed by atoms with Gasteiger partial charge in [-0.05, 0) is 12.8 Å². The zero-order chi connectivity index (χ0) is 12.7. The summed E-state index contributed by atoms with van der Waals surface area (Å²) in [6, 6.07) is 0. The number of allylic oxidation sites excluding steroid dienone is 1. The van der Waals surface area contributed by atoms with Gasteiger partial charge in [0.15, 0.2) is 0 Å². The van der Waals surface area contributed by atoms with Crippen LogP contribution in [-0.4, -0.2) is 22.3 Å². The fourth-order valence-electron chi connectivity index (χ4n) is 1.26. The number of carboxylic acids is 1. The Morgan fingerprint density at radius 3 is 2.31 bits per heavy atom. The Morgan fingerprint density at radius 2 is 2.00 bits per heavy atom. The first-order chi connectivity index (χ1) is 7.47. The van der Waals surface area contributed by atoms with Crippen LogP contribution in [-0.2, 0) is 14.5 Å². The largest absolute Gasteiger partial charge is 0.478 e. The molecule has 0 aromatic rings. The van der Waals surface area contributed by atoms with Crippen LogP contribution in [0.3, 0.4) is 0 Å². The van der Waals surface area contributed by atoms with E-state index in [1.807, 2.05) is 0 Å². The molecule has 0 amide bonds. The first kappa shape index (κ1) is 14.4. The molecule has 0 heterocycles. The van der Waals surface area contributed by atoms with Crippen molar-refractivity contribution in [3.8, 4) is 0 Å². The summed E-state index contributed by atoms with van der Waals surface area (Å²) in [4.78, 5) is 25.3. The molecule has 0 radical (unpaired) electrons. The molecule has 2 N–H and O–H groups in total. The first-order valence-corrected chi connectivity index (χ1v) is 4.96. The summed E-state index contributed by atoms with van der Waals surface area (Å²) >= 11 is 0. The molecule has 0 spiro atoms. The Hall–Kier alpha value is -1.62. The summed E-state index contributed by atoms with van der Waals surface area (Å²) in [5.74, 6) is -2.40. The lowest BCUT2D eigenvalue weighted by Crippen LogP contribution is -2.13. The van der Waals surface area contributed by atoms with Crippen LogP contribution in [0, 0.1) is 5.92 Å². The summed E-state index contributed by atoms with van der Waals surface area (Å²) in [6.07, 6.45) is 2.32. The minimum Gasteiger partial charge on any atom is -0.478 e. The maximum absolute atomic E-state index is 11.0. The van der Waals surface area contributed by atoms with Crippen LogP contribution >= 0.6 is 0 Å². The fourth-order valence-corrected chi connectivity index (χ4v) is 1.26. The lowest BCUT2D eigenvalue weighted by Gasteiger charge is -2.11. The van der Waals surface area contributed by atoms with Crippen molar-refractivity contribution in [2.24, 2.45) is 5.92 Å². The van der Waals surface area contributed by atoms with Crippen molar-refractivity contribution >= 4 is 11.9 Å². The summed E-state index contributed by atoms with van der Waals surface area (Å²) in [6.45, 7) is 6.96. The number of rotatable bonds is 6. The van der Waals surface area contributed by atoms with Crippen molar-refractivity contribution in [3.05, 3.63) is 23.8 Å². The average molecular weight is 228 g/mol. The molecule has 16 heavy (non-hydrogen) atoms. The molecule has 0 rings (SSSR count). The molecule has 0 saturated heterocycles. The van der Waals surface area contributed by atoms with E-state index >= 15 is 0 Å². The second-order valence-corrected chi connectivity index (χ2v) is 3.27. The molecule has 5 heteroatoms. The van der Waals surface area contributed by atoms with Crippen molar-refractivity contribution in [3.63, 3.8) is 0 Å². The molecule has 0 aliphatic carbocycles. The maximum Gasteiger partial charge on any atom is 0.368 e. The van der Waals surface area contributed by atoms with Crippen LogP contribution in [0.25, 0.3) is 0 Å². The Morgan fingerprint density at radius 1 is 1.44 bits per heavy atom. The van der Waals surface area contributed by atoms with Crippen molar-refractivity contribution in [1.29, 1.82) is 0 Å². The van der Waals surface area contributed by atoms with E-state index in [9.17, 15) is 9.59 Å². The van der Waals surface area contributed by atoms with Gasteiger partial charge in [0.25, 0.3) is 0 Å². The summed E-state index contributed by atoms with van der Waals surface area (Å²) in [5, 5.41) is 17.0. The SMILES string of the molecule is C=C(C(=O)OO)C(C=C(CC)C(=O)O)CC. The topological polar surface area (TPSA) is 83.8 Å². The Kier molecular flexibility index (Phi) is 6.10. The second kappa shape index (κ2) is 6.79. The molecule has 90 valence electrons. The Bertz CT molecular complexity index is 316. The smallest absolute Gasteiger partial charge is 0.368 e. The van der Waals surface area contributed by atoms with Gasteiger partial charge in [0, 0.05) is 17.1 Å². The predicted molar refractivity (Wildman–Crippen MR) is 57.7 cm³/mol. The van der Waals surface area contributed by atoms with E-state index in [-0.39, 0.29) is 11.1 Å². The van der Waals surface area contributed by atoms with Crippen LogP contribution in [0.2, 0.25) is 0 Å². The standard InChI is InChI=1S/C11H16O5/c1-4-8(7(3)11(14)16-15)6-9(5-2)10(12)13/h6,8,15H,3-5H2,1-2H3,(H,12,13). The molecule has 0 aromatic carbocycles. The zero-order valence-electron chi connectivity index (χ0n) is 9.40. The number of carboxylic acid groups (broad SMARTS) is 1. The molecule has 0 saturated carbocycles. The van der Waals surface area contributed by atoms with Gasteiger partial charge in [0.05, 0.1) is 0 Å². The third kappa shape index (κ3) is 3.86. The van der Waals surface area contributed by atoms with E-state index in [1.54, 1.807) is 13.8 Å². The van der Waals surface area contributed by atoms with E-state index in [0.717, 1.165) is 0 Å². The van der Waals surface area contributed by atoms with Gasteiger partial charge in [0.1, 0.15) is 0 Å². The first-order valence-electron chi connectivity index (χ1n) is 4.96. The van der Waals surface area contributed by atoms with Crippen molar-refractivity contribution in [2.45, 2.75) is 26.7 Å². The van der Waals surface area contributed by atoms with Gasteiger partial charge in [-0.3, -0.25) is 4.89 Å². The van der Waals surface area contributed by atoms with Crippen LogP contribution in [0.5, 0.6) is 0 Å². The molecule has 0 aromatic heterocycles. The van der Waals surface area contributed by atoms with E-state index in [4.69, 9.17) is 10.4 Å². The minimum absolute atomic E-state index is 0.0391. The van der Waals surface area contributed by atoms with Crippen LogP contribution in [0.1, 0.15) is 26.7 Å². The highest BCUT2D eigenvalue weighted by Crippen LogP contribution is 2.19. The molecule has 1 unspecified atom stereocenters. The normalized spacial score (nSPS) is 13.1. The zero-order valence-corrected chi connectivity index (χ0v) is 9.40. The van der Waals surface area contributed by atoms with Gasteiger partial charge in [-0.15, -0.1) is 0 Å². The van der Waals surface area contributed by atoms with Gasteiger partial charge in [-0.2, -0.15) is 5.26 Å². The highest BCUT2D eigenvalue weighted by Gasteiger charge is 2.19. The number of carbonyl (C=O) groups is 2. The van der Waals surface area contributed by atoms with E-state index in [2.05, 4.69) is 11.5 Å². The second-order valence-electron chi connectivity index (χ2n) is 3.27. The molecular weight excluding hydrogens is 212 g/mol. The summed E-state index contributed by atoms with van der Waals surface area (Å²) in [5.41, 5.74) is 0.246. The molecule has 1 atom stereocenters. The monoisotopic (exact) mass is 228 g/mol. The fraction of sp³-hybridized carbons (Fsp3) is 0.455. The van der Waals surface area contributed by atoms with Gasteiger partial charge in [-0.25, -0.2) is 9.59 Å². The maximum atomic E-state index is 11.0. The molecule has 0 fully saturated rings. The lowest BCUT2D eigenvalue weighted by atomic mass is 9.94. The van der Waals surface area contributed by atoms with Gasteiger partial charge in [-0.1, -0.05) is 26.5 Å². The molecule has 0 aliphatic heterocycles. The quantitative estimate of drug-likeness (QED) is 0.412. The van der Waals surface area contributed by atoms with Crippen molar-refractivity contribution in [1.82, 2.24) is 0 Å². The van der Waals surface area contributed by atoms with E-state index < -0.39 is 17.9 Å². The van der Waals surface area contributed by atoms with Crippen molar-refractivity contribution < 1.29 is 24.8 Å². The van der Waals surface area contributed by atoms with Crippen LogP contribution in [0.4, 0.5) is 0 Å². The summed E-state index contributed by atoms with van der Waals surface area (Å²) in [7, 11) is 0. The van der Waals surface area contributed by atoms with Gasteiger partial charge in [0.2, 0.25) is 0 Å². The summed E-state index contributed by atoms with van der Waals surface area (Å²) < 4.78 is 0. The Labute approximate surface area is 94.0 Å². The highest BCUT2D eigenvalue weighted by molar-refractivity contribution is 5.90. The molecule has 0 aliphatic rings. The van der Waals surface area contributed by atoms with Crippen LogP contribution < -0.4 is 0 Å². The number of hydrogen-bond acceptors (Lipinski definition) is 4. The third-order valence-electron chi connectivity index (χ3n) is 2.29. The van der Waals surface area contributed by atoms with E-state index in [1.165, 1.54) is 6.08 Å². The van der Waals surface area contributed by atoms with Crippen LogP contribution in [0.15, 0.2) is 23.8 Å². The lowest BCUT2D eigenvalue weighted by molar-refractivity contribution is -0.229. The molecule has 0 bridgehead atoms. The number of hydrogen-bond donors (Lipinski definition) is 2. The van der Waals surface area contributed by atoms with Gasteiger partial charge < -0.3 is 5.11 Å². The van der Waals surface area contributed by atoms with Gasteiger partial charge >= 0.3 is 11.9 Å². The van der Waals surface area contributed by atoms with E-state index in [0.29, 0.717) is 12.8 Å². The predicted octanol–water partition coefficient (Wildman–Crippen LogP) is 2.01. The minimum atomic E-state index is -1.02. The highest BCUT2D eigenvalue weighted by atomic mass is 17.1. The van der Waals surface area contributed by atoms with Crippen molar-refractivity contribution in [2.75, 3.05) is 0 Å². The molecular formula is C11H16O5. The third-order valence-corrected chi connectivity index (χ3v) is 2.29. The number of aliphatic carboxylic acids is 1.